The summed E-state index contributed by atoms with van der Waals surface area (Å²) in [6.45, 7) is 1.96. The summed E-state index contributed by atoms with van der Waals surface area (Å²) in [7, 11) is 0. The SMILES string of the molecule is CCc1nnc([S-])n1N=Cc1ccc(Cl)cc1Cl.[Co+2]. The van der Waals surface area contributed by atoms with Crippen LogP contribution in [0.25, 0.3) is 0 Å². The van der Waals surface area contributed by atoms with Gasteiger partial charge in [0.2, 0.25) is 0 Å². The summed E-state index contributed by atoms with van der Waals surface area (Å²) in [5.41, 5.74) is 0.756. The van der Waals surface area contributed by atoms with E-state index < -0.39 is 0 Å². The number of benzene rings is 1. The molecule has 101 valence electrons. The first kappa shape index (κ1) is 16.4. The minimum Gasteiger partial charge on any atom is -0.738 e. The Bertz CT molecular complexity index is 600. The van der Waals surface area contributed by atoms with E-state index in [1.165, 1.54) is 4.68 Å². The van der Waals surface area contributed by atoms with E-state index in [1.54, 1.807) is 24.4 Å². The van der Waals surface area contributed by atoms with Gasteiger partial charge in [0.15, 0.2) is 5.82 Å². The van der Waals surface area contributed by atoms with Gasteiger partial charge < -0.3 is 12.6 Å². The van der Waals surface area contributed by atoms with Crippen molar-refractivity contribution in [2.24, 2.45) is 5.10 Å². The minimum absolute atomic E-state index is 0. The van der Waals surface area contributed by atoms with E-state index >= 15 is 0 Å². The molecular weight excluding hydrogens is 350 g/mol. The number of hydrogen-bond donors (Lipinski definition) is 0. The van der Waals surface area contributed by atoms with Crippen LogP contribution >= 0.6 is 23.2 Å². The van der Waals surface area contributed by atoms with Crippen LogP contribution in [0.5, 0.6) is 0 Å². The molecule has 4 nitrogen and oxygen atoms in total. The first-order valence-corrected chi connectivity index (χ1v) is 6.39. The molecule has 1 aromatic carbocycles. The van der Waals surface area contributed by atoms with Crippen LogP contribution in [0.4, 0.5) is 0 Å². The molecule has 0 unspecified atom stereocenters. The topological polar surface area (TPSA) is 43.1 Å². The first-order valence-electron chi connectivity index (χ1n) is 5.22. The fraction of sp³-hybridized carbons (Fsp3) is 0.182. The van der Waals surface area contributed by atoms with Gasteiger partial charge in [0, 0.05) is 22.2 Å². The van der Waals surface area contributed by atoms with Gasteiger partial charge in [-0.15, -0.1) is 5.10 Å². The zero-order chi connectivity index (χ0) is 13.1. The van der Waals surface area contributed by atoms with E-state index in [0.717, 1.165) is 5.56 Å². The normalized spacial score (nSPS) is 10.7. The van der Waals surface area contributed by atoms with E-state index in [4.69, 9.17) is 35.8 Å². The third kappa shape index (κ3) is 3.90. The second kappa shape index (κ2) is 7.21. The van der Waals surface area contributed by atoms with Crippen molar-refractivity contribution in [3.05, 3.63) is 39.6 Å². The maximum atomic E-state index is 6.04. The zero-order valence-corrected chi connectivity index (χ0v) is 13.2. The predicted molar refractivity (Wildman–Crippen MR) is 74.5 cm³/mol. The number of aryl methyl sites for hydroxylation is 1. The molecule has 19 heavy (non-hydrogen) atoms. The zero-order valence-electron chi connectivity index (χ0n) is 9.80. The molecule has 0 aliphatic rings. The van der Waals surface area contributed by atoms with E-state index in [1.807, 2.05) is 6.92 Å². The molecule has 1 radical (unpaired) electrons. The second-order valence-electron chi connectivity index (χ2n) is 3.47. The van der Waals surface area contributed by atoms with Crippen molar-refractivity contribution < 1.29 is 16.8 Å². The van der Waals surface area contributed by atoms with Gasteiger partial charge in [-0.2, -0.15) is 10.2 Å². The van der Waals surface area contributed by atoms with Gasteiger partial charge in [-0.25, -0.2) is 4.68 Å². The fourth-order valence-corrected chi connectivity index (χ4v) is 2.01. The summed E-state index contributed by atoms with van der Waals surface area (Å²) in [5, 5.41) is 13.4. The molecule has 1 aromatic heterocycles. The molecule has 0 amide bonds. The molecular formula is C11H9Cl2CoN4S+. The van der Waals surface area contributed by atoms with Crippen LogP contribution in [0.3, 0.4) is 0 Å². The molecule has 0 saturated carbocycles. The van der Waals surface area contributed by atoms with E-state index in [2.05, 4.69) is 15.3 Å². The predicted octanol–water partition coefficient (Wildman–Crippen LogP) is 2.93. The molecule has 0 atom stereocenters. The summed E-state index contributed by atoms with van der Waals surface area (Å²) in [4.78, 5) is 0. The summed E-state index contributed by atoms with van der Waals surface area (Å²) in [5.74, 6) is 0.710. The Kier molecular flexibility index (Phi) is 6.22. The smallest absolute Gasteiger partial charge is 0.738 e. The summed E-state index contributed by atoms with van der Waals surface area (Å²) in [6.07, 6.45) is 2.31. The molecule has 8 heteroatoms. The molecule has 0 N–H and O–H groups in total. The van der Waals surface area contributed by atoms with Crippen LogP contribution in [0.1, 0.15) is 18.3 Å². The van der Waals surface area contributed by atoms with Crippen molar-refractivity contribution in [3.8, 4) is 0 Å². The largest absolute Gasteiger partial charge is 2.00 e. The molecule has 2 rings (SSSR count). The Labute approximate surface area is 136 Å². The van der Waals surface area contributed by atoms with Crippen molar-refractivity contribution in [3.63, 3.8) is 0 Å². The van der Waals surface area contributed by atoms with Crippen molar-refractivity contribution in [1.29, 1.82) is 0 Å². The number of hydrogen-bond acceptors (Lipinski definition) is 4. The minimum atomic E-state index is 0. The van der Waals surface area contributed by atoms with Crippen molar-refractivity contribution in [1.82, 2.24) is 14.9 Å². The van der Waals surface area contributed by atoms with Crippen LogP contribution in [0, 0.1) is 0 Å². The molecule has 0 spiro atoms. The third-order valence-corrected chi connectivity index (χ3v) is 3.08. The van der Waals surface area contributed by atoms with E-state index in [0.29, 0.717) is 27.4 Å². The average Bonchev–Trinajstić information content (AvgIpc) is 2.69. The Hall–Kier alpha value is -0.664. The quantitative estimate of drug-likeness (QED) is 0.625. The number of aromatic nitrogens is 3. The van der Waals surface area contributed by atoms with Crippen LogP contribution in [0.15, 0.2) is 28.5 Å². The second-order valence-corrected chi connectivity index (χ2v) is 4.68. The standard InChI is InChI=1S/C11H10Cl2N4S.Co/c1-2-10-15-16-11(18)17(10)14-6-7-3-4-8(12)5-9(7)13;/h3-6H,2H2,1H3,(H,16,18);/q;+2/p-1. The molecule has 0 bridgehead atoms. The van der Waals surface area contributed by atoms with Gasteiger partial charge in [0.25, 0.3) is 0 Å². The van der Waals surface area contributed by atoms with Crippen LogP contribution in [-0.2, 0) is 35.8 Å². The van der Waals surface area contributed by atoms with E-state index in [-0.39, 0.29) is 16.8 Å². The third-order valence-electron chi connectivity index (χ3n) is 2.27. The van der Waals surface area contributed by atoms with Crippen molar-refractivity contribution in [2.45, 2.75) is 18.5 Å². The van der Waals surface area contributed by atoms with Gasteiger partial charge in [-0.3, -0.25) is 0 Å². The molecule has 2 aromatic rings. The van der Waals surface area contributed by atoms with Gasteiger partial charge in [0.05, 0.1) is 11.2 Å². The van der Waals surface area contributed by atoms with Crippen molar-refractivity contribution >= 4 is 42.0 Å². The maximum absolute atomic E-state index is 6.04. The molecule has 1 heterocycles. The van der Waals surface area contributed by atoms with Gasteiger partial charge in [-0.1, -0.05) is 36.2 Å². The van der Waals surface area contributed by atoms with Crippen molar-refractivity contribution in [2.75, 3.05) is 0 Å². The van der Waals surface area contributed by atoms with Gasteiger partial charge in [0.1, 0.15) is 0 Å². The molecule has 0 saturated heterocycles. The number of nitrogens with zero attached hydrogens (tertiary/aromatic N) is 4. The fourth-order valence-electron chi connectivity index (χ4n) is 1.36. The van der Waals surface area contributed by atoms with Crippen LogP contribution in [0.2, 0.25) is 10.0 Å². The summed E-state index contributed by atoms with van der Waals surface area (Å²) >= 11 is 16.9. The number of rotatable bonds is 3. The summed E-state index contributed by atoms with van der Waals surface area (Å²) in [6, 6.07) is 5.19. The number of halogens is 2. The first-order chi connectivity index (χ1) is 8.61. The maximum Gasteiger partial charge on any atom is 2.00 e. The molecule has 0 fully saturated rings. The molecule has 0 aliphatic carbocycles. The summed E-state index contributed by atoms with van der Waals surface area (Å²) < 4.78 is 1.51. The Morgan fingerprint density at radius 1 is 1.37 bits per heavy atom. The van der Waals surface area contributed by atoms with Crippen LogP contribution in [-0.4, -0.2) is 21.1 Å². The monoisotopic (exact) mass is 358 g/mol. The van der Waals surface area contributed by atoms with E-state index in [9.17, 15) is 0 Å². The molecule has 0 aliphatic heterocycles. The van der Waals surface area contributed by atoms with Gasteiger partial charge >= 0.3 is 16.8 Å². The van der Waals surface area contributed by atoms with Gasteiger partial charge in [-0.05, 0) is 12.1 Å². The van der Waals surface area contributed by atoms with Crippen LogP contribution < -0.4 is 0 Å². The Morgan fingerprint density at radius 3 is 2.74 bits per heavy atom. The Balaban J connectivity index is 0.00000180. The Morgan fingerprint density at radius 2 is 2.11 bits per heavy atom. The average molecular weight is 359 g/mol.